The van der Waals surface area contributed by atoms with Crippen LogP contribution in [0.1, 0.15) is 30.9 Å². The van der Waals surface area contributed by atoms with Gasteiger partial charge in [0.2, 0.25) is 0 Å². The minimum Gasteiger partial charge on any atom is -0.371 e. The molecule has 3 rings (SSSR count). The Morgan fingerprint density at radius 1 is 1.35 bits per heavy atom. The SMILES string of the molecule is C=Cc1cc([N+](=O)[O-])c(CC)cc1N1CCC2(CC1)CN(C)C2. The summed E-state index contributed by atoms with van der Waals surface area (Å²) in [5, 5.41) is 11.3. The Morgan fingerprint density at radius 3 is 2.48 bits per heavy atom. The van der Waals surface area contributed by atoms with Crippen LogP contribution in [-0.2, 0) is 6.42 Å². The van der Waals surface area contributed by atoms with Gasteiger partial charge in [0, 0.05) is 49.1 Å². The molecule has 124 valence electrons. The van der Waals surface area contributed by atoms with Gasteiger partial charge in [-0.2, -0.15) is 0 Å². The van der Waals surface area contributed by atoms with E-state index in [-0.39, 0.29) is 10.6 Å². The summed E-state index contributed by atoms with van der Waals surface area (Å²) in [6.45, 7) is 10.3. The lowest BCUT2D eigenvalue weighted by Crippen LogP contribution is -2.58. The highest BCUT2D eigenvalue weighted by Gasteiger charge is 2.43. The van der Waals surface area contributed by atoms with Gasteiger partial charge in [0.05, 0.1) is 4.92 Å². The zero-order valence-corrected chi connectivity index (χ0v) is 14.0. The first-order valence-corrected chi connectivity index (χ1v) is 8.35. The van der Waals surface area contributed by atoms with E-state index in [0.717, 1.165) is 29.9 Å². The molecule has 2 saturated heterocycles. The predicted molar refractivity (Wildman–Crippen MR) is 93.9 cm³/mol. The number of piperidine rings is 1. The van der Waals surface area contributed by atoms with Crippen molar-refractivity contribution in [1.29, 1.82) is 0 Å². The van der Waals surface area contributed by atoms with Crippen LogP contribution in [0.15, 0.2) is 18.7 Å². The Morgan fingerprint density at radius 2 is 2.00 bits per heavy atom. The van der Waals surface area contributed by atoms with Crippen molar-refractivity contribution in [2.45, 2.75) is 26.2 Å². The predicted octanol–water partition coefficient (Wildman–Crippen LogP) is 3.33. The van der Waals surface area contributed by atoms with Gasteiger partial charge in [-0.3, -0.25) is 10.1 Å². The van der Waals surface area contributed by atoms with Gasteiger partial charge in [0.15, 0.2) is 0 Å². The van der Waals surface area contributed by atoms with Crippen molar-refractivity contribution in [3.8, 4) is 0 Å². The molecule has 2 aliphatic rings. The minimum absolute atomic E-state index is 0.209. The first kappa shape index (κ1) is 16.0. The van der Waals surface area contributed by atoms with Gasteiger partial charge in [-0.15, -0.1) is 0 Å². The standard InChI is InChI=1S/C18H25N3O2/c1-4-14-11-17(21(22)23)15(5-2)10-16(14)20-8-6-18(7-9-20)12-19(3)13-18/h4,10-11H,1,5-9,12-13H2,2-3H3. The van der Waals surface area contributed by atoms with Crippen molar-refractivity contribution >= 4 is 17.5 Å². The molecule has 0 radical (unpaired) electrons. The van der Waals surface area contributed by atoms with Crippen LogP contribution in [0.5, 0.6) is 0 Å². The highest BCUT2D eigenvalue weighted by atomic mass is 16.6. The fourth-order valence-corrected chi connectivity index (χ4v) is 4.16. The average Bonchev–Trinajstić information content (AvgIpc) is 2.53. The number of hydrogen-bond donors (Lipinski definition) is 0. The van der Waals surface area contributed by atoms with Crippen LogP contribution in [0.2, 0.25) is 0 Å². The maximum atomic E-state index is 11.3. The van der Waals surface area contributed by atoms with E-state index in [9.17, 15) is 10.1 Å². The quantitative estimate of drug-likeness (QED) is 0.631. The molecule has 0 bridgehead atoms. The first-order valence-electron chi connectivity index (χ1n) is 8.35. The Balaban J connectivity index is 1.85. The molecule has 2 aliphatic heterocycles. The summed E-state index contributed by atoms with van der Waals surface area (Å²) in [5.41, 5.74) is 3.49. The number of nitrogens with zero attached hydrogens (tertiary/aromatic N) is 3. The molecule has 0 saturated carbocycles. The van der Waals surface area contributed by atoms with Gasteiger partial charge in [-0.1, -0.05) is 19.6 Å². The Bertz CT molecular complexity index is 625. The van der Waals surface area contributed by atoms with E-state index in [2.05, 4.69) is 23.4 Å². The normalized spacial score (nSPS) is 20.3. The van der Waals surface area contributed by atoms with Gasteiger partial charge in [0.25, 0.3) is 5.69 Å². The summed E-state index contributed by atoms with van der Waals surface area (Å²) >= 11 is 0. The monoisotopic (exact) mass is 315 g/mol. The van der Waals surface area contributed by atoms with E-state index >= 15 is 0 Å². The smallest absolute Gasteiger partial charge is 0.273 e. The third-order valence-corrected chi connectivity index (χ3v) is 5.40. The fraction of sp³-hybridized carbons (Fsp3) is 0.556. The number of likely N-dealkylation sites (tertiary alicyclic amines) is 1. The van der Waals surface area contributed by atoms with Crippen molar-refractivity contribution in [2.75, 3.05) is 38.1 Å². The van der Waals surface area contributed by atoms with Crippen LogP contribution < -0.4 is 4.90 Å². The number of benzene rings is 1. The van der Waals surface area contributed by atoms with E-state index in [1.807, 2.05) is 13.0 Å². The molecule has 1 aromatic rings. The van der Waals surface area contributed by atoms with Gasteiger partial charge < -0.3 is 9.80 Å². The first-order chi connectivity index (χ1) is 11.0. The summed E-state index contributed by atoms with van der Waals surface area (Å²) in [4.78, 5) is 15.7. The number of rotatable bonds is 4. The molecule has 0 N–H and O–H groups in total. The Hall–Kier alpha value is -1.88. The lowest BCUT2D eigenvalue weighted by Gasteiger charge is -2.53. The molecule has 2 fully saturated rings. The summed E-state index contributed by atoms with van der Waals surface area (Å²) in [5.74, 6) is 0. The van der Waals surface area contributed by atoms with E-state index in [1.165, 1.54) is 25.9 Å². The number of nitro groups is 1. The highest BCUT2D eigenvalue weighted by Crippen LogP contribution is 2.41. The maximum absolute atomic E-state index is 11.3. The molecule has 1 aromatic carbocycles. The number of aryl methyl sites for hydroxylation is 1. The van der Waals surface area contributed by atoms with Crippen LogP contribution in [0.4, 0.5) is 11.4 Å². The van der Waals surface area contributed by atoms with E-state index in [1.54, 1.807) is 12.1 Å². The zero-order chi connectivity index (χ0) is 16.6. The Labute approximate surface area is 137 Å². The Kier molecular flexibility index (Phi) is 4.15. The number of hydrogen-bond acceptors (Lipinski definition) is 4. The lowest BCUT2D eigenvalue weighted by atomic mass is 9.72. The van der Waals surface area contributed by atoms with Crippen LogP contribution in [0.25, 0.3) is 6.08 Å². The van der Waals surface area contributed by atoms with Gasteiger partial charge in [-0.05, 0) is 37.8 Å². The molecule has 5 nitrogen and oxygen atoms in total. The summed E-state index contributed by atoms with van der Waals surface area (Å²) in [6, 6.07) is 3.68. The summed E-state index contributed by atoms with van der Waals surface area (Å²) in [6.07, 6.45) is 4.81. The molecule has 0 atom stereocenters. The topological polar surface area (TPSA) is 49.6 Å². The molecule has 2 heterocycles. The van der Waals surface area contributed by atoms with Crippen molar-refractivity contribution < 1.29 is 4.92 Å². The molecule has 0 aliphatic carbocycles. The lowest BCUT2D eigenvalue weighted by molar-refractivity contribution is -0.385. The largest absolute Gasteiger partial charge is 0.371 e. The zero-order valence-electron chi connectivity index (χ0n) is 14.0. The van der Waals surface area contributed by atoms with Crippen LogP contribution >= 0.6 is 0 Å². The van der Waals surface area contributed by atoms with Gasteiger partial charge in [-0.25, -0.2) is 0 Å². The molecule has 0 unspecified atom stereocenters. The summed E-state index contributed by atoms with van der Waals surface area (Å²) in [7, 11) is 2.18. The van der Waals surface area contributed by atoms with E-state index in [0.29, 0.717) is 11.8 Å². The maximum Gasteiger partial charge on any atom is 0.273 e. The highest BCUT2D eigenvalue weighted by molar-refractivity contribution is 5.72. The average molecular weight is 315 g/mol. The molecular formula is C18H25N3O2. The number of anilines is 1. The molecule has 23 heavy (non-hydrogen) atoms. The minimum atomic E-state index is -0.287. The van der Waals surface area contributed by atoms with E-state index < -0.39 is 0 Å². The third-order valence-electron chi connectivity index (χ3n) is 5.40. The van der Waals surface area contributed by atoms with Gasteiger partial charge >= 0.3 is 0 Å². The van der Waals surface area contributed by atoms with Crippen molar-refractivity contribution in [3.05, 3.63) is 40.0 Å². The number of nitro benzene ring substituents is 1. The van der Waals surface area contributed by atoms with Crippen LogP contribution in [0.3, 0.4) is 0 Å². The van der Waals surface area contributed by atoms with Crippen molar-refractivity contribution in [1.82, 2.24) is 4.90 Å². The third kappa shape index (κ3) is 2.85. The molecule has 5 heteroatoms. The molecular weight excluding hydrogens is 290 g/mol. The van der Waals surface area contributed by atoms with Crippen LogP contribution in [-0.4, -0.2) is 43.0 Å². The van der Waals surface area contributed by atoms with Gasteiger partial charge in [0.1, 0.15) is 0 Å². The second-order valence-corrected chi connectivity index (χ2v) is 7.01. The fourth-order valence-electron chi connectivity index (χ4n) is 4.16. The molecule has 0 amide bonds. The molecule has 0 aromatic heterocycles. The van der Waals surface area contributed by atoms with Crippen LogP contribution in [0, 0.1) is 15.5 Å². The van der Waals surface area contributed by atoms with E-state index in [4.69, 9.17) is 0 Å². The summed E-state index contributed by atoms with van der Waals surface area (Å²) < 4.78 is 0. The van der Waals surface area contributed by atoms with Crippen molar-refractivity contribution in [2.24, 2.45) is 5.41 Å². The second-order valence-electron chi connectivity index (χ2n) is 7.01. The van der Waals surface area contributed by atoms with Crippen molar-refractivity contribution in [3.63, 3.8) is 0 Å². The molecule has 1 spiro atoms. The second kappa shape index (κ2) is 5.96.